The summed E-state index contributed by atoms with van der Waals surface area (Å²) < 4.78 is 5.51. The van der Waals surface area contributed by atoms with Crippen molar-refractivity contribution in [2.24, 2.45) is 0 Å². The van der Waals surface area contributed by atoms with Gasteiger partial charge < -0.3 is 0 Å². The Hall–Kier alpha value is -2.94. The minimum absolute atomic E-state index is 1.32. The van der Waals surface area contributed by atoms with Gasteiger partial charge in [-0.3, -0.25) is 0 Å². The van der Waals surface area contributed by atoms with Crippen molar-refractivity contribution in [1.29, 1.82) is 0 Å². The second-order valence-corrected chi connectivity index (χ2v) is 9.50. The Labute approximate surface area is 169 Å². The molecule has 2 heterocycles. The van der Waals surface area contributed by atoms with Gasteiger partial charge in [0.25, 0.3) is 0 Å². The number of thiophene rings is 2. The van der Waals surface area contributed by atoms with Gasteiger partial charge in [0.1, 0.15) is 0 Å². The maximum Gasteiger partial charge on any atom is 0.0362 e. The second kappa shape index (κ2) is 5.32. The molecule has 0 aliphatic heterocycles. The number of fused-ring (bicyclic) bond motifs is 11. The van der Waals surface area contributed by atoms with Gasteiger partial charge in [0, 0.05) is 40.3 Å². The van der Waals surface area contributed by atoms with Crippen LogP contribution in [-0.2, 0) is 0 Å². The molecule has 0 saturated heterocycles. The minimum atomic E-state index is 1.32. The number of benzene rings is 5. The van der Waals surface area contributed by atoms with Gasteiger partial charge in [-0.2, -0.15) is 0 Å². The SMILES string of the molecule is c1ccc2c(c1)ccc1sc3ccc4sc5ccc6ccccc6c5c4c3c12. The molecule has 0 bridgehead atoms. The fraction of sp³-hybridized carbons (Fsp3) is 0. The molecular formula is C26H14S2. The summed E-state index contributed by atoms with van der Waals surface area (Å²) in [5.41, 5.74) is 0. The standard InChI is InChI=1S/C26H14S2/c1-3-7-17-15(5-1)9-11-19-23(17)25-21(27-19)13-14-22-26(25)24-18-8-4-2-6-16(18)10-12-20(24)28-22/h1-14H. The zero-order valence-electron chi connectivity index (χ0n) is 14.9. The fourth-order valence-corrected chi connectivity index (χ4v) is 6.92. The fourth-order valence-electron chi connectivity index (χ4n) is 4.66. The van der Waals surface area contributed by atoms with Crippen molar-refractivity contribution in [2.45, 2.75) is 0 Å². The van der Waals surface area contributed by atoms with Crippen LogP contribution in [0.15, 0.2) is 84.9 Å². The zero-order chi connectivity index (χ0) is 18.2. The van der Waals surface area contributed by atoms with Gasteiger partial charge in [-0.25, -0.2) is 0 Å². The van der Waals surface area contributed by atoms with Crippen LogP contribution in [0.1, 0.15) is 0 Å². The monoisotopic (exact) mass is 390 g/mol. The van der Waals surface area contributed by atoms with Crippen LogP contribution in [0.4, 0.5) is 0 Å². The van der Waals surface area contributed by atoms with Crippen molar-refractivity contribution in [1.82, 2.24) is 0 Å². The van der Waals surface area contributed by atoms with Crippen molar-refractivity contribution >= 4 is 84.6 Å². The van der Waals surface area contributed by atoms with Crippen molar-refractivity contribution in [3.8, 4) is 0 Å². The Morgan fingerprint density at radius 3 is 1.25 bits per heavy atom. The van der Waals surface area contributed by atoms with Crippen LogP contribution < -0.4 is 0 Å². The maximum atomic E-state index is 2.31. The van der Waals surface area contributed by atoms with E-state index < -0.39 is 0 Å². The van der Waals surface area contributed by atoms with E-state index in [-0.39, 0.29) is 0 Å². The second-order valence-electron chi connectivity index (χ2n) is 7.34. The van der Waals surface area contributed by atoms with Gasteiger partial charge in [0.05, 0.1) is 0 Å². The summed E-state index contributed by atoms with van der Waals surface area (Å²) in [6.45, 7) is 0. The van der Waals surface area contributed by atoms with E-state index in [1.54, 1.807) is 0 Å². The molecule has 130 valence electrons. The lowest BCUT2D eigenvalue weighted by Crippen LogP contribution is -1.77. The summed E-state index contributed by atoms with van der Waals surface area (Å²) in [4.78, 5) is 0. The molecule has 0 unspecified atom stereocenters. The first kappa shape index (κ1) is 15.0. The Balaban J connectivity index is 1.87. The van der Waals surface area contributed by atoms with E-state index in [0.717, 1.165) is 0 Å². The Bertz CT molecular complexity index is 1580. The molecule has 0 aliphatic rings. The molecule has 7 rings (SSSR count). The summed E-state index contributed by atoms with van der Waals surface area (Å²) in [7, 11) is 0. The Morgan fingerprint density at radius 2 is 0.750 bits per heavy atom. The van der Waals surface area contributed by atoms with Crippen LogP contribution in [0.3, 0.4) is 0 Å². The van der Waals surface area contributed by atoms with Gasteiger partial charge in [0.2, 0.25) is 0 Å². The van der Waals surface area contributed by atoms with E-state index in [0.29, 0.717) is 0 Å². The van der Waals surface area contributed by atoms with Crippen molar-refractivity contribution in [3.63, 3.8) is 0 Å². The highest BCUT2D eigenvalue weighted by Crippen LogP contribution is 2.47. The van der Waals surface area contributed by atoms with Crippen LogP contribution in [0.5, 0.6) is 0 Å². The molecule has 0 nitrogen and oxygen atoms in total. The summed E-state index contributed by atoms with van der Waals surface area (Å²) in [5.74, 6) is 0. The highest BCUT2D eigenvalue weighted by atomic mass is 32.1. The van der Waals surface area contributed by atoms with Gasteiger partial charge in [-0.15, -0.1) is 22.7 Å². The first-order valence-corrected chi connectivity index (χ1v) is 11.1. The topological polar surface area (TPSA) is 0 Å². The molecule has 0 saturated carbocycles. The molecule has 28 heavy (non-hydrogen) atoms. The van der Waals surface area contributed by atoms with E-state index >= 15 is 0 Å². The summed E-state index contributed by atoms with van der Waals surface area (Å²) >= 11 is 3.83. The predicted octanol–water partition coefficient (Wildman–Crippen LogP) is 8.73. The quantitative estimate of drug-likeness (QED) is 0.243. The molecule has 0 atom stereocenters. The van der Waals surface area contributed by atoms with Crippen LogP contribution in [0, 0.1) is 0 Å². The predicted molar refractivity (Wildman–Crippen MR) is 127 cm³/mol. The maximum absolute atomic E-state index is 2.31. The smallest absolute Gasteiger partial charge is 0.0362 e. The molecule has 0 aliphatic carbocycles. The van der Waals surface area contributed by atoms with Crippen LogP contribution in [0.25, 0.3) is 61.9 Å². The average molecular weight is 391 g/mol. The van der Waals surface area contributed by atoms with Crippen LogP contribution in [0.2, 0.25) is 0 Å². The molecule has 7 aromatic rings. The van der Waals surface area contributed by atoms with Crippen molar-refractivity contribution < 1.29 is 0 Å². The van der Waals surface area contributed by atoms with E-state index in [2.05, 4.69) is 84.9 Å². The summed E-state index contributed by atoms with van der Waals surface area (Å²) in [6.07, 6.45) is 0. The van der Waals surface area contributed by atoms with Crippen LogP contribution >= 0.6 is 22.7 Å². The van der Waals surface area contributed by atoms with Crippen LogP contribution in [-0.4, -0.2) is 0 Å². The average Bonchev–Trinajstić information content (AvgIpc) is 3.31. The molecule has 0 radical (unpaired) electrons. The lowest BCUT2D eigenvalue weighted by molar-refractivity contribution is 1.82. The number of hydrogen-bond donors (Lipinski definition) is 0. The molecule has 0 spiro atoms. The third-order valence-corrected chi connectivity index (χ3v) is 8.09. The largest absolute Gasteiger partial charge is 0.135 e. The number of rotatable bonds is 0. The van der Waals surface area contributed by atoms with E-state index in [1.165, 1.54) is 61.9 Å². The molecule has 0 fully saturated rings. The third-order valence-electron chi connectivity index (χ3n) is 5.85. The highest BCUT2D eigenvalue weighted by Gasteiger charge is 2.16. The van der Waals surface area contributed by atoms with Gasteiger partial charge >= 0.3 is 0 Å². The van der Waals surface area contributed by atoms with Crippen molar-refractivity contribution in [3.05, 3.63) is 84.9 Å². The summed E-state index contributed by atoms with van der Waals surface area (Å²) in [6, 6.07) is 31.3. The molecule has 0 N–H and O–H groups in total. The lowest BCUT2D eigenvalue weighted by Gasteiger charge is -2.04. The third kappa shape index (κ3) is 1.84. The molecule has 5 aromatic carbocycles. The van der Waals surface area contributed by atoms with Crippen molar-refractivity contribution in [2.75, 3.05) is 0 Å². The molecule has 0 amide bonds. The molecular weight excluding hydrogens is 376 g/mol. The Morgan fingerprint density at radius 1 is 0.357 bits per heavy atom. The molecule has 2 heteroatoms. The van der Waals surface area contributed by atoms with E-state index in [1.807, 2.05) is 22.7 Å². The highest BCUT2D eigenvalue weighted by molar-refractivity contribution is 7.28. The van der Waals surface area contributed by atoms with E-state index in [9.17, 15) is 0 Å². The van der Waals surface area contributed by atoms with Gasteiger partial charge in [0.15, 0.2) is 0 Å². The van der Waals surface area contributed by atoms with Gasteiger partial charge in [-0.05, 0) is 45.8 Å². The summed E-state index contributed by atoms with van der Waals surface area (Å²) in [5, 5.41) is 11.0. The van der Waals surface area contributed by atoms with Gasteiger partial charge in [-0.1, -0.05) is 60.7 Å². The minimum Gasteiger partial charge on any atom is -0.135 e. The lowest BCUT2D eigenvalue weighted by atomic mass is 9.98. The number of hydrogen-bond acceptors (Lipinski definition) is 2. The molecule has 2 aromatic heterocycles. The first-order valence-electron chi connectivity index (χ1n) is 9.45. The Kier molecular flexibility index (Phi) is 2.85. The van der Waals surface area contributed by atoms with E-state index in [4.69, 9.17) is 0 Å². The zero-order valence-corrected chi connectivity index (χ0v) is 16.5. The normalized spacial score (nSPS) is 12.3. The first-order chi connectivity index (χ1) is 13.9.